The molecule has 0 spiro atoms. The second-order valence-corrected chi connectivity index (χ2v) is 10.2. The number of nitrogens with zero attached hydrogens (tertiary/aromatic N) is 2. The minimum absolute atomic E-state index is 0.0699. The molecule has 2 saturated heterocycles. The van der Waals surface area contributed by atoms with Crippen LogP contribution < -0.4 is 0 Å². The first-order valence-corrected chi connectivity index (χ1v) is 12.1. The van der Waals surface area contributed by atoms with Crippen molar-refractivity contribution < 1.29 is 22.0 Å². The minimum Gasteiger partial charge on any atom is -0.342 e. The van der Waals surface area contributed by atoms with E-state index in [1.54, 1.807) is 0 Å². The van der Waals surface area contributed by atoms with Gasteiger partial charge in [-0.3, -0.25) is 4.79 Å². The highest BCUT2D eigenvalue weighted by atomic mass is 32.2. The maximum absolute atomic E-state index is 14.0. The standard InChI is InChI=1S/C23H26F2N2O3S/c24-20-6-7-21(25)22(16-20)31(29,30)27-14-10-19(11-15-27)23(28)26-12-8-18(9-13-26)17-4-2-1-3-5-17/h1-7,16,18-19H,8-15H2. The van der Waals surface area contributed by atoms with Gasteiger partial charge in [-0.1, -0.05) is 30.3 Å². The minimum atomic E-state index is -4.13. The maximum Gasteiger partial charge on any atom is 0.246 e. The van der Waals surface area contributed by atoms with Crippen LogP contribution in [0.15, 0.2) is 53.4 Å². The van der Waals surface area contributed by atoms with Gasteiger partial charge < -0.3 is 4.90 Å². The van der Waals surface area contributed by atoms with Crippen molar-refractivity contribution >= 4 is 15.9 Å². The maximum atomic E-state index is 14.0. The number of amides is 1. The molecule has 0 N–H and O–H groups in total. The predicted octanol–water partition coefficient (Wildman–Crippen LogP) is 3.77. The smallest absolute Gasteiger partial charge is 0.246 e. The molecule has 2 aromatic carbocycles. The number of hydrogen-bond donors (Lipinski definition) is 0. The molecule has 166 valence electrons. The third kappa shape index (κ3) is 4.65. The summed E-state index contributed by atoms with van der Waals surface area (Å²) in [4.78, 5) is 14.2. The fourth-order valence-electron chi connectivity index (χ4n) is 4.57. The van der Waals surface area contributed by atoms with E-state index < -0.39 is 26.6 Å². The first-order chi connectivity index (χ1) is 14.9. The first kappa shape index (κ1) is 21.9. The summed E-state index contributed by atoms with van der Waals surface area (Å²) >= 11 is 0. The highest BCUT2D eigenvalue weighted by molar-refractivity contribution is 7.89. The number of likely N-dealkylation sites (tertiary alicyclic amines) is 1. The van der Waals surface area contributed by atoms with Gasteiger partial charge in [0, 0.05) is 32.1 Å². The van der Waals surface area contributed by atoms with Crippen LogP contribution in [0.5, 0.6) is 0 Å². The summed E-state index contributed by atoms with van der Waals surface area (Å²) in [5, 5.41) is 0. The number of carbonyl (C=O) groups is 1. The van der Waals surface area contributed by atoms with Gasteiger partial charge in [-0.2, -0.15) is 4.31 Å². The Morgan fingerprint density at radius 2 is 1.52 bits per heavy atom. The molecular formula is C23H26F2N2O3S. The molecule has 2 aromatic rings. The summed E-state index contributed by atoms with van der Waals surface area (Å²) in [5.74, 6) is -1.49. The molecule has 2 fully saturated rings. The number of benzene rings is 2. The second kappa shape index (κ2) is 9.04. The van der Waals surface area contributed by atoms with Crippen LogP contribution in [0.25, 0.3) is 0 Å². The lowest BCUT2D eigenvalue weighted by Crippen LogP contribution is -2.46. The monoisotopic (exact) mass is 448 g/mol. The van der Waals surface area contributed by atoms with Gasteiger partial charge in [0.05, 0.1) is 0 Å². The van der Waals surface area contributed by atoms with E-state index >= 15 is 0 Å². The quantitative estimate of drug-likeness (QED) is 0.716. The fourth-order valence-corrected chi connectivity index (χ4v) is 6.12. The molecule has 2 aliphatic rings. The largest absolute Gasteiger partial charge is 0.342 e. The summed E-state index contributed by atoms with van der Waals surface area (Å²) in [6.07, 6.45) is 2.60. The zero-order valence-electron chi connectivity index (χ0n) is 17.2. The van der Waals surface area contributed by atoms with Crippen molar-refractivity contribution in [3.63, 3.8) is 0 Å². The van der Waals surface area contributed by atoms with Gasteiger partial charge in [0.1, 0.15) is 16.5 Å². The third-order valence-electron chi connectivity index (χ3n) is 6.39. The van der Waals surface area contributed by atoms with Gasteiger partial charge in [0.25, 0.3) is 0 Å². The molecule has 2 heterocycles. The Hall–Kier alpha value is -2.32. The van der Waals surface area contributed by atoms with Crippen LogP contribution in [-0.2, 0) is 14.8 Å². The van der Waals surface area contributed by atoms with Crippen molar-refractivity contribution in [1.29, 1.82) is 0 Å². The average Bonchev–Trinajstić information content (AvgIpc) is 2.81. The Morgan fingerprint density at radius 1 is 0.871 bits per heavy atom. The molecule has 0 aromatic heterocycles. The van der Waals surface area contributed by atoms with Crippen molar-refractivity contribution in [2.24, 2.45) is 5.92 Å². The van der Waals surface area contributed by atoms with Gasteiger partial charge in [-0.15, -0.1) is 0 Å². The zero-order valence-corrected chi connectivity index (χ0v) is 18.0. The molecule has 0 unspecified atom stereocenters. The zero-order chi connectivity index (χ0) is 22.0. The molecule has 1 amide bonds. The van der Waals surface area contributed by atoms with Crippen LogP contribution in [0.4, 0.5) is 8.78 Å². The Bertz CT molecular complexity index is 1030. The molecule has 0 bridgehead atoms. The Labute approximate surface area is 181 Å². The molecule has 4 rings (SSSR count). The summed E-state index contributed by atoms with van der Waals surface area (Å²) in [5.41, 5.74) is 1.30. The van der Waals surface area contributed by atoms with Gasteiger partial charge >= 0.3 is 0 Å². The van der Waals surface area contributed by atoms with Crippen LogP contribution in [0.3, 0.4) is 0 Å². The molecule has 5 nitrogen and oxygen atoms in total. The van der Waals surface area contributed by atoms with Crippen LogP contribution in [0, 0.1) is 17.6 Å². The highest BCUT2D eigenvalue weighted by Gasteiger charge is 2.36. The Kier molecular flexibility index (Phi) is 6.39. The van der Waals surface area contributed by atoms with E-state index in [0.717, 1.165) is 29.3 Å². The molecule has 2 aliphatic heterocycles. The molecular weight excluding hydrogens is 422 g/mol. The lowest BCUT2D eigenvalue weighted by molar-refractivity contribution is -0.137. The van der Waals surface area contributed by atoms with E-state index in [4.69, 9.17) is 0 Å². The van der Waals surface area contributed by atoms with Gasteiger partial charge in [0.15, 0.2) is 0 Å². The van der Waals surface area contributed by atoms with Crippen LogP contribution in [0.1, 0.15) is 37.2 Å². The van der Waals surface area contributed by atoms with Crippen molar-refractivity contribution in [2.75, 3.05) is 26.2 Å². The number of hydrogen-bond acceptors (Lipinski definition) is 3. The van der Waals surface area contributed by atoms with Crippen LogP contribution >= 0.6 is 0 Å². The van der Waals surface area contributed by atoms with Crippen LogP contribution in [0.2, 0.25) is 0 Å². The van der Waals surface area contributed by atoms with Crippen molar-refractivity contribution in [3.05, 3.63) is 65.7 Å². The molecule has 0 aliphatic carbocycles. The SMILES string of the molecule is O=C(C1CCN(S(=O)(=O)c2cc(F)ccc2F)CC1)N1CCC(c2ccccc2)CC1. The molecule has 0 atom stereocenters. The lowest BCUT2D eigenvalue weighted by atomic mass is 9.88. The van der Waals surface area contributed by atoms with Crippen molar-refractivity contribution in [2.45, 2.75) is 36.5 Å². The van der Waals surface area contributed by atoms with Gasteiger partial charge in [-0.25, -0.2) is 17.2 Å². The second-order valence-electron chi connectivity index (χ2n) is 8.26. The topological polar surface area (TPSA) is 57.7 Å². The van der Waals surface area contributed by atoms with E-state index in [2.05, 4.69) is 12.1 Å². The highest BCUT2D eigenvalue weighted by Crippen LogP contribution is 2.31. The number of piperidine rings is 2. The van der Waals surface area contributed by atoms with Crippen LogP contribution in [-0.4, -0.2) is 49.7 Å². The lowest BCUT2D eigenvalue weighted by Gasteiger charge is -2.37. The predicted molar refractivity (Wildman–Crippen MR) is 113 cm³/mol. The third-order valence-corrected chi connectivity index (χ3v) is 8.31. The normalized spacial score (nSPS) is 19.5. The van der Waals surface area contributed by atoms with E-state index in [0.29, 0.717) is 37.9 Å². The summed E-state index contributed by atoms with van der Waals surface area (Å²) in [6, 6.07) is 12.7. The first-order valence-electron chi connectivity index (χ1n) is 10.6. The number of halogens is 2. The fraction of sp³-hybridized carbons (Fsp3) is 0.435. The van der Waals surface area contributed by atoms with Gasteiger partial charge in [-0.05, 0) is 55.4 Å². The Morgan fingerprint density at radius 3 is 2.16 bits per heavy atom. The van der Waals surface area contributed by atoms with E-state index in [-0.39, 0.29) is 24.9 Å². The molecule has 31 heavy (non-hydrogen) atoms. The molecule has 8 heteroatoms. The number of sulfonamides is 1. The summed E-state index contributed by atoms with van der Waals surface area (Å²) in [7, 11) is -4.13. The van der Waals surface area contributed by atoms with E-state index in [9.17, 15) is 22.0 Å². The summed E-state index contributed by atoms with van der Waals surface area (Å²) < 4.78 is 54.1. The molecule has 0 saturated carbocycles. The van der Waals surface area contributed by atoms with Crippen molar-refractivity contribution in [3.8, 4) is 0 Å². The number of rotatable bonds is 4. The van der Waals surface area contributed by atoms with Gasteiger partial charge in [0.2, 0.25) is 15.9 Å². The molecule has 0 radical (unpaired) electrons. The Balaban J connectivity index is 1.34. The van der Waals surface area contributed by atoms with E-state index in [1.165, 1.54) is 5.56 Å². The average molecular weight is 449 g/mol. The van der Waals surface area contributed by atoms with E-state index in [1.807, 2.05) is 23.1 Å². The summed E-state index contributed by atoms with van der Waals surface area (Å²) in [6.45, 7) is 1.64. The number of carbonyl (C=O) groups excluding carboxylic acids is 1. The van der Waals surface area contributed by atoms with Crippen molar-refractivity contribution in [1.82, 2.24) is 9.21 Å².